The molecule has 0 saturated carbocycles. The van der Waals surface area contributed by atoms with E-state index >= 15 is 0 Å². The topological polar surface area (TPSA) is 64.4 Å². The second kappa shape index (κ2) is 9.53. The molecule has 4 aromatic rings. The van der Waals surface area contributed by atoms with Crippen molar-refractivity contribution in [1.29, 1.82) is 0 Å². The number of ether oxygens (including phenoxy) is 1. The lowest BCUT2D eigenvalue weighted by Gasteiger charge is -2.09. The fourth-order valence-electron chi connectivity index (χ4n) is 3.48. The van der Waals surface area contributed by atoms with Gasteiger partial charge < -0.3 is 9.84 Å². The number of aryl methyl sites for hydroxylation is 1. The lowest BCUT2D eigenvalue weighted by molar-refractivity contribution is -0.130. The number of halogens is 2. The van der Waals surface area contributed by atoms with Gasteiger partial charge in [0.1, 0.15) is 5.75 Å². The smallest absolute Gasteiger partial charge is 0.336 e. The second-order valence-electron chi connectivity index (χ2n) is 7.43. The molecule has 0 saturated heterocycles. The SMILES string of the molecule is COc1ccc(-n2nc(/C=C(\C(=O)O)c3cccc(C)c3)cc2-c2ccc(Cl)c(Cl)c2)cc1. The lowest BCUT2D eigenvalue weighted by Crippen LogP contribution is -2.01. The molecule has 0 unspecified atom stereocenters. The molecule has 0 radical (unpaired) electrons. The molecule has 0 aliphatic heterocycles. The van der Waals surface area contributed by atoms with E-state index in [-0.39, 0.29) is 5.57 Å². The molecule has 1 N–H and O–H groups in total. The Morgan fingerprint density at radius 2 is 1.76 bits per heavy atom. The molecular weight excluding hydrogens is 459 g/mol. The van der Waals surface area contributed by atoms with Crippen LogP contribution in [-0.2, 0) is 4.79 Å². The van der Waals surface area contributed by atoms with Gasteiger partial charge in [-0.25, -0.2) is 9.48 Å². The highest BCUT2D eigenvalue weighted by Crippen LogP contribution is 2.32. The highest BCUT2D eigenvalue weighted by molar-refractivity contribution is 6.42. The van der Waals surface area contributed by atoms with Crippen LogP contribution in [0.25, 0.3) is 28.6 Å². The molecule has 33 heavy (non-hydrogen) atoms. The summed E-state index contributed by atoms with van der Waals surface area (Å²) >= 11 is 12.4. The number of aliphatic carboxylic acids is 1. The van der Waals surface area contributed by atoms with Gasteiger partial charge in [0.2, 0.25) is 0 Å². The van der Waals surface area contributed by atoms with Gasteiger partial charge in [-0.2, -0.15) is 5.10 Å². The third kappa shape index (κ3) is 4.95. The third-order valence-electron chi connectivity index (χ3n) is 5.11. The van der Waals surface area contributed by atoms with Gasteiger partial charge in [0.05, 0.1) is 39.8 Å². The van der Waals surface area contributed by atoms with Crippen LogP contribution in [-0.4, -0.2) is 28.0 Å². The van der Waals surface area contributed by atoms with Crippen molar-refractivity contribution in [3.63, 3.8) is 0 Å². The molecule has 0 aliphatic rings. The van der Waals surface area contributed by atoms with E-state index in [1.54, 1.807) is 36.1 Å². The maximum atomic E-state index is 12.1. The zero-order valence-electron chi connectivity index (χ0n) is 17.9. The van der Waals surface area contributed by atoms with E-state index in [0.29, 0.717) is 21.3 Å². The summed E-state index contributed by atoms with van der Waals surface area (Å²) in [6.07, 6.45) is 1.57. The zero-order chi connectivity index (χ0) is 23.5. The summed E-state index contributed by atoms with van der Waals surface area (Å²) in [5.74, 6) is -0.314. The van der Waals surface area contributed by atoms with Gasteiger partial charge in [0.25, 0.3) is 0 Å². The van der Waals surface area contributed by atoms with Crippen molar-refractivity contribution in [1.82, 2.24) is 9.78 Å². The van der Waals surface area contributed by atoms with Crippen LogP contribution in [0.5, 0.6) is 5.75 Å². The van der Waals surface area contributed by atoms with Gasteiger partial charge in [-0.05, 0) is 61.0 Å². The first-order chi connectivity index (χ1) is 15.9. The summed E-state index contributed by atoms with van der Waals surface area (Å²) < 4.78 is 6.99. The summed E-state index contributed by atoms with van der Waals surface area (Å²) in [7, 11) is 1.60. The van der Waals surface area contributed by atoms with Gasteiger partial charge in [0.15, 0.2) is 0 Å². The normalized spacial score (nSPS) is 11.5. The van der Waals surface area contributed by atoms with Crippen molar-refractivity contribution >= 4 is 40.8 Å². The lowest BCUT2D eigenvalue weighted by atomic mass is 10.0. The Labute approximate surface area is 201 Å². The number of methoxy groups -OCH3 is 1. The molecule has 5 nitrogen and oxygen atoms in total. The van der Waals surface area contributed by atoms with Crippen LogP contribution in [0.15, 0.2) is 72.8 Å². The van der Waals surface area contributed by atoms with Crippen molar-refractivity contribution in [3.05, 3.63) is 99.7 Å². The molecule has 7 heteroatoms. The quantitative estimate of drug-likeness (QED) is 0.310. The number of carbonyl (C=O) groups is 1. The molecule has 0 spiro atoms. The first-order valence-corrected chi connectivity index (χ1v) is 10.8. The molecular formula is C26H20Cl2N2O3. The number of benzene rings is 3. The first kappa shape index (κ1) is 22.6. The van der Waals surface area contributed by atoms with E-state index in [2.05, 4.69) is 0 Å². The van der Waals surface area contributed by atoms with Crippen LogP contribution < -0.4 is 4.74 Å². The van der Waals surface area contributed by atoms with Crippen LogP contribution >= 0.6 is 23.2 Å². The van der Waals surface area contributed by atoms with Crippen LogP contribution in [0.1, 0.15) is 16.8 Å². The van der Waals surface area contributed by atoms with Gasteiger partial charge in [0, 0.05) is 5.56 Å². The number of hydrogen-bond acceptors (Lipinski definition) is 3. The van der Waals surface area contributed by atoms with E-state index in [4.69, 9.17) is 33.0 Å². The minimum atomic E-state index is -1.03. The molecule has 0 fully saturated rings. The Hall–Kier alpha value is -3.54. The van der Waals surface area contributed by atoms with E-state index < -0.39 is 5.97 Å². The van der Waals surface area contributed by atoms with E-state index in [1.807, 2.05) is 61.5 Å². The maximum Gasteiger partial charge on any atom is 0.336 e. The Morgan fingerprint density at radius 1 is 1.00 bits per heavy atom. The van der Waals surface area contributed by atoms with E-state index in [1.165, 1.54) is 0 Å². The predicted octanol–water partition coefficient (Wildman–Crippen LogP) is 6.79. The molecule has 1 heterocycles. The molecule has 3 aromatic carbocycles. The minimum Gasteiger partial charge on any atom is -0.497 e. The number of hydrogen-bond donors (Lipinski definition) is 1. The highest BCUT2D eigenvalue weighted by Gasteiger charge is 2.16. The fraction of sp³-hybridized carbons (Fsp3) is 0.0769. The minimum absolute atomic E-state index is 0.152. The summed E-state index contributed by atoms with van der Waals surface area (Å²) in [5.41, 5.74) is 4.53. The predicted molar refractivity (Wildman–Crippen MR) is 132 cm³/mol. The molecule has 0 atom stereocenters. The standard InChI is InChI=1S/C26H20Cl2N2O3/c1-16-4-3-5-17(12-16)22(26(31)32)14-19-15-25(18-6-11-23(27)24(28)13-18)30(29-19)20-7-9-21(33-2)10-8-20/h3-15H,1-2H3,(H,31,32)/b22-14-. The number of aromatic nitrogens is 2. The summed E-state index contributed by atoms with van der Waals surface area (Å²) in [6, 6.07) is 21.9. The van der Waals surface area contributed by atoms with Gasteiger partial charge in [-0.1, -0.05) is 59.1 Å². The Balaban J connectivity index is 1.88. The largest absolute Gasteiger partial charge is 0.497 e. The van der Waals surface area contributed by atoms with Crippen molar-refractivity contribution in [2.45, 2.75) is 6.92 Å². The van der Waals surface area contributed by atoms with E-state index in [0.717, 1.165) is 28.3 Å². The molecule has 0 aliphatic carbocycles. The van der Waals surface area contributed by atoms with Gasteiger partial charge >= 0.3 is 5.97 Å². The average Bonchev–Trinajstić information content (AvgIpc) is 3.23. The van der Waals surface area contributed by atoms with Crippen molar-refractivity contribution in [2.75, 3.05) is 7.11 Å². The van der Waals surface area contributed by atoms with Crippen LogP contribution in [0.3, 0.4) is 0 Å². The number of carboxylic acids is 1. The number of carboxylic acid groups (broad SMARTS) is 1. The molecule has 4 rings (SSSR count). The molecule has 0 bridgehead atoms. The van der Waals surface area contributed by atoms with Gasteiger partial charge in [-0.3, -0.25) is 0 Å². The van der Waals surface area contributed by atoms with Crippen molar-refractivity contribution in [2.24, 2.45) is 0 Å². The molecule has 1 aromatic heterocycles. The second-order valence-corrected chi connectivity index (χ2v) is 8.24. The van der Waals surface area contributed by atoms with Crippen LogP contribution in [0, 0.1) is 6.92 Å². The Kier molecular flexibility index (Phi) is 6.54. The van der Waals surface area contributed by atoms with Crippen LogP contribution in [0.4, 0.5) is 0 Å². The summed E-state index contributed by atoms with van der Waals surface area (Å²) in [4.78, 5) is 12.1. The number of nitrogens with zero attached hydrogens (tertiary/aromatic N) is 2. The highest BCUT2D eigenvalue weighted by atomic mass is 35.5. The fourth-order valence-corrected chi connectivity index (χ4v) is 3.78. The monoisotopic (exact) mass is 478 g/mol. The van der Waals surface area contributed by atoms with E-state index in [9.17, 15) is 9.90 Å². The van der Waals surface area contributed by atoms with Crippen molar-refractivity contribution in [3.8, 4) is 22.7 Å². The summed E-state index contributed by atoms with van der Waals surface area (Å²) in [5, 5.41) is 15.4. The van der Waals surface area contributed by atoms with Crippen LogP contribution in [0.2, 0.25) is 10.0 Å². The third-order valence-corrected chi connectivity index (χ3v) is 5.85. The first-order valence-electron chi connectivity index (χ1n) is 10.1. The Morgan fingerprint density at radius 3 is 2.39 bits per heavy atom. The Bertz CT molecular complexity index is 1360. The molecule has 0 amide bonds. The average molecular weight is 479 g/mol. The number of rotatable bonds is 6. The maximum absolute atomic E-state index is 12.1. The van der Waals surface area contributed by atoms with Gasteiger partial charge in [-0.15, -0.1) is 0 Å². The molecule has 166 valence electrons. The zero-order valence-corrected chi connectivity index (χ0v) is 19.4. The summed E-state index contributed by atoms with van der Waals surface area (Å²) in [6.45, 7) is 1.92. The van der Waals surface area contributed by atoms with Crippen molar-refractivity contribution < 1.29 is 14.6 Å².